The molecule has 0 spiro atoms. The van der Waals surface area contributed by atoms with E-state index in [0.29, 0.717) is 28.8 Å². The number of aryl methyl sites for hydroxylation is 1. The lowest BCUT2D eigenvalue weighted by atomic mass is 10.0. The molecule has 3 rings (SSSR count). The Labute approximate surface area is 215 Å². The van der Waals surface area contributed by atoms with E-state index in [1.807, 2.05) is 73.7 Å². The topological polar surface area (TPSA) is 49.4 Å². The molecule has 0 radical (unpaired) electrons. The van der Waals surface area contributed by atoms with Crippen LogP contribution in [-0.2, 0) is 28.3 Å². The van der Waals surface area contributed by atoms with Crippen LogP contribution in [0.15, 0.2) is 72.8 Å². The van der Waals surface area contributed by atoms with Gasteiger partial charge in [-0.15, -0.1) is 11.8 Å². The van der Waals surface area contributed by atoms with Gasteiger partial charge in [-0.1, -0.05) is 89.4 Å². The van der Waals surface area contributed by atoms with Gasteiger partial charge in [0.25, 0.3) is 0 Å². The Kier molecular flexibility index (Phi) is 9.87. The molecule has 1 N–H and O–H groups in total. The molecule has 178 valence electrons. The predicted octanol–water partition coefficient (Wildman–Crippen LogP) is 5.92. The highest BCUT2D eigenvalue weighted by atomic mass is 35.5. The molecule has 0 aliphatic rings. The lowest BCUT2D eigenvalue weighted by Crippen LogP contribution is -2.50. The van der Waals surface area contributed by atoms with Crippen LogP contribution in [0.25, 0.3) is 0 Å². The van der Waals surface area contributed by atoms with E-state index >= 15 is 0 Å². The molecule has 3 aromatic rings. The third-order valence-corrected chi connectivity index (χ3v) is 7.16. The van der Waals surface area contributed by atoms with Gasteiger partial charge in [0.05, 0.1) is 15.8 Å². The first kappa shape index (κ1) is 26.1. The van der Waals surface area contributed by atoms with Crippen LogP contribution in [0, 0.1) is 6.92 Å². The fourth-order valence-corrected chi connectivity index (χ4v) is 4.87. The zero-order chi connectivity index (χ0) is 24.5. The van der Waals surface area contributed by atoms with Gasteiger partial charge in [-0.25, -0.2) is 0 Å². The van der Waals surface area contributed by atoms with E-state index in [-0.39, 0.29) is 17.6 Å². The fourth-order valence-electron chi connectivity index (χ4n) is 3.70. The standard InChI is InChI=1S/C27H28Cl2N2O2S/c1-19-7-6-10-21(13-19)16-31(25(27(33)30-2)15-20-8-4-3-5-9-20)26(32)18-34-17-22-11-12-23(28)24(29)14-22/h3-14,25H,15-18H2,1-2H3,(H,30,33). The molecule has 0 saturated heterocycles. The summed E-state index contributed by atoms with van der Waals surface area (Å²) in [6.07, 6.45) is 0.440. The number of hydrogen-bond acceptors (Lipinski definition) is 3. The van der Waals surface area contributed by atoms with Crippen LogP contribution < -0.4 is 5.32 Å². The van der Waals surface area contributed by atoms with E-state index in [4.69, 9.17) is 23.2 Å². The highest BCUT2D eigenvalue weighted by Gasteiger charge is 2.29. The van der Waals surface area contributed by atoms with Crippen molar-refractivity contribution in [2.45, 2.75) is 31.7 Å². The first-order valence-corrected chi connectivity index (χ1v) is 12.9. The van der Waals surface area contributed by atoms with Crippen molar-refractivity contribution >= 4 is 46.8 Å². The van der Waals surface area contributed by atoms with Crippen molar-refractivity contribution in [3.8, 4) is 0 Å². The molecule has 7 heteroatoms. The van der Waals surface area contributed by atoms with Crippen molar-refractivity contribution in [3.05, 3.63) is 105 Å². The van der Waals surface area contributed by atoms with Gasteiger partial charge in [0, 0.05) is 25.8 Å². The van der Waals surface area contributed by atoms with Crippen LogP contribution in [0.2, 0.25) is 10.0 Å². The van der Waals surface area contributed by atoms with Gasteiger partial charge in [-0.05, 0) is 35.7 Å². The molecule has 0 bridgehead atoms. The highest BCUT2D eigenvalue weighted by Crippen LogP contribution is 2.25. The van der Waals surface area contributed by atoms with Gasteiger partial charge in [-0.2, -0.15) is 0 Å². The summed E-state index contributed by atoms with van der Waals surface area (Å²) in [7, 11) is 1.61. The Hall–Kier alpha value is -2.47. The van der Waals surface area contributed by atoms with Gasteiger partial charge in [0.1, 0.15) is 6.04 Å². The summed E-state index contributed by atoms with van der Waals surface area (Å²) in [5.41, 5.74) is 4.09. The number of benzene rings is 3. The number of carbonyl (C=O) groups is 2. The SMILES string of the molecule is CNC(=O)C(Cc1ccccc1)N(Cc1cccc(C)c1)C(=O)CSCc1ccc(Cl)c(Cl)c1. The first-order valence-electron chi connectivity index (χ1n) is 11.0. The molecule has 4 nitrogen and oxygen atoms in total. The fraction of sp³-hybridized carbons (Fsp3) is 0.259. The smallest absolute Gasteiger partial charge is 0.242 e. The molecular weight excluding hydrogens is 487 g/mol. The average molecular weight is 516 g/mol. The molecule has 0 saturated carbocycles. The number of amides is 2. The average Bonchev–Trinajstić information content (AvgIpc) is 2.83. The zero-order valence-corrected chi connectivity index (χ0v) is 21.6. The monoisotopic (exact) mass is 514 g/mol. The molecule has 2 amide bonds. The molecule has 1 unspecified atom stereocenters. The van der Waals surface area contributed by atoms with Crippen LogP contribution in [-0.4, -0.2) is 35.6 Å². The highest BCUT2D eigenvalue weighted by molar-refractivity contribution is 7.99. The quantitative estimate of drug-likeness (QED) is 0.365. The Bertz CT molecular complexity index is 1120. The maximum absolute atomic E-state index is 13.5. The molecule has 0 fully saturated rings. The van der Waals surface area contributed by atoms with Crippen molar-refractivity contribution in [2.24, 2.45) is 0 Å². The zero-order valence-electron chi connectivity index (χ0n) is 19.3. The van der Waals surface area contributed by atoms with E-state index in [0.717, 1.165) is 22.3 Å². The van der Waals surface area contributed by atoms with Crippen LogP contribution in [0.4, 0.5) is 0 Å². The molecule has 34 heavy (non-hydrogen) atoms. The summed E-state index contributed by atoms with van der Waals surface area (Å²) in [6, 6.07) is 22.6. The number of carbonyl (C=O) groups excluding carboxylic acids is 2. The number of nitrogens with one attached hydrogen (secondary N) is 1. The second-order valence-electron chi connectivity index (χ2n) is 8.07. The molecule has 3 aromatic carbocycles. The molecule has 0 aliphatic heterocycles. The Morgan fingerprint density at radius 3 is 2.32 bits per heavy atom. The Balaban J connectivity index is 1.80. The summed E-state index contributed by atoms with van der Waals surface area (Å²) in [5, 5.41) is 3.74. The summed E-state index contributed by atoms with van der Waals surface area (Å²) >= 11 is 13.6. The Morgan fingerprint density at radius 2 is 1.65 bits per heavy atom. The van der Waals surface area contributed by atoms with Gasteiger partial charge in [0.2, 0.25) is 11.8 Å². The van der Waals surface area contributed by atoms with Crippen molar-refractivity contribution in [2.75, 3.05) is 12.8 Å². The summed E-state index contributed by atoms with van der Waals surface area (Å²) in [5.74, 6) is 0.592. The third-order valence-electron chi connectivity index (χ3n) is 5.43. The van der Waals surface area contributed by atoms with E-state index in [9.17, 15) is 9.59 Å². The second kappa shape index (κ2) is 12.8. The van der Waals surface area contributed by atoms with Crippen molar-refractivity contribution < 1.29 is 9.59 Å². The molecule has 0 aliphatic carbocycles. The summed E-state index contributed by atoms with van der Waals surface area (Å²) in [6.45, 7) is 2.38. The van der Waals surface area contributed by atoms with Crippen LogP contribution in [0.3, 0.4) is 0 Å². The number of halogens is 2. The number of nitrogens with zero attached hydrogens (tertiary/aromatic N) is 1. The normalized spacial score (nSPS) is 11.6. The number of thioether (sulfide) groups is 1. The maximum Gasteiger partial charge on any atom is 0.242 e. The number of rotatable bonds is 10. The van der Waals surface area contributed by atoms with Crippen molar-refractivity contribution in [3.63, 3.8) is 0 Å². The third kappa shape index (κ3) is 7.52. The van der Waals surface area contributed by atoms with Crippen LogP contribution in [0.5, 0.6) is 0 Å². The van der Waals surface area contributed by atoms with Crippen LogP contribution in [0.1, 0.15) is 22.3 Å². The molecule has 1 atom stereocenters. The molecule has 0 aromatic heterocycles. The van der Waals surface area contributed by atoms with E-state index in [1.54, 1.807) is 18.0 Å². The number of likely N-dealkylation sites (N-methyl/N-ethyl adjacent to an activating group) is 1. The minimum atomic E-state index is -0.619. The molecular formula is C27H28Cl2N2O2S. The number of hydrogen-bond donors (Lipinski definition) is 1. The second-order valence-corrected chi connectivity index (χ2v) is 9.87. The van der Waals surface area contributed by atoms with Crippen molar-refractivity contribution in [1.82, 2.24) is 10.2 Å². The van der Waals surface area contributed by atoms with Gasteiger partial charge in [-0.3, -0.25) is 9.59 Å². The first-order chi connectivity index (χ1) is 16.4. The minimum Gasteiger partial charge on any atom is -0.357 e. The summed E-state index contributed by atoms with van der Waals surface area (Å²) in [4.78, 5) is 28.1. The van der Waals surface area contributed by atoms with Gasteiger partial charge < -0.3 is 10.2 Å². The van der Waals surface area contributed by atoms with Gasteiger partial charge >= 0.3 is 0 Å². The lowest BCUT2D eigenvalue weighted by molar-refractivity contribution is -0.139. The van der Waals surface area contributed by atoms with E-state index in [1.165, 1.54) is 11.8 Å². The lowest BCUT2D eigenvalue weighted by Gasteiger charge is -2.31. The molecule has 0 heterocycles. The van der Waals surface area contributed by atoms with Crippen LogP contribution >= 0.6 is 35.0 Å². The Morgan fingerprint density at radius 1 is 0.912 bits per heavy atom. The maximum atomic E-state index is 13.5. The largest absolute Gasteiger partial charge is 0.357 e. The summed E-state index contributed by atoms with van der Waals surface area (Å²) < 4.78 is 0. The van der Waals surface area contributed by atoms with E-state index in [2.05, 4.69) is 5.32 Å². The van der Waals surface area contributed by atoms with Gasteiger partial charge in [0.15, 0.2) is 0 Å². The van der Waals surface area contributed by atoms with Crippen molar-refractivity contribution in [1.29, 1.82) is 0 Å². The minimum absolute atomic E-state index is 0.0869. The predicted molar refractivity (Wildman–Crippen MR) is 142 cm³/mol. The van der Waals surface area contributed by atoms with E-state index < -0.39 is 6.04 Å².